The maximum Gasteiger partial charge on any atom is 0.274 e. The lowest BCUT2D eigenvalue weighted by atomic mass is 10.0. The van der Waals surface area contributed by atoms with Gasteiger partial charge in [-0.05, 0) is 63.4 Å². The first-order chi connectivity index (χ1) is 10.9. The third kappa shape index (κ3) is 2.72. The molecular weight excluding hydrogens is 286 g/mol. The molecule has 1 N–H and O–H groups in total. The van der Waals surface area contributed by atoms with Crippen molar-refractivity contribution < 1.29 is 4.79 Å². The standard InChI is InChI=1S/C19H21N3O/c1-11-6-7-22-16(10-11)20-15(5)18(22)19(23)21-17-13(3)8-12(2)9-14(17)4/h6-10H,1-5H3,(H,21,23). The Morgan fingerprint density at radius 3 is 2.30 bits per heavy atom. The van der Waals surface area contributed by atoms with Gasteiger partial charge in [-0.2, -0.15) is 0 Å². The van der Waals surface area contributed by atoms with Gasteiger partial charge in [0.05, 0.1) is 5.69 Å². The second kappa shape index (κ2) is 5.54. The van der Waals surface area contributed by atoms with Crippen molar-refractivity contribution in [1.82, 2.24) is 9.38 Å². The van der Waals surface area contributed by atoms with E-state index in [9.17, 15) is 4.79 Å². The van der Waals surface area contributed by atoms with E-state index in [1.165, 1.54) is 5.56 Å². The fourth-order valence-electron chi connectivity index (χ4n) is 3.09. The minimum absolute atomic E-state index is 0.131. The molecule has 2 heterocycles. The maximum atomic E-state index is 12.8. The number of pyridine rings is 1. The van der Waals surface area contributed by atoms with Gasteiger partial charge in [-0.3, -0.25) is 9.20 Å². The van der Waals surface area contributed by atoms with Gasteiger partial charge in [0.25, 0.3) is 5.91 Å². The summed E-state index contributed by atoms with van der Waals surface area (Å²) in [5, 5.41) is 3.06. The van der Waals surface area contributed by atoms with Gasteiger partial charge in [-0.1, -0.05) is 17.7 Å². The summed E-state index contributed by atoms with van der Waals surface area (Å²) < 4.78 is 1.84. The molecule has 0 fully saturated rings. The van der Waals surface area contributed by atoms with Gasteiger partial charge < -0.3 is 5.32 Å². The van der Waals surface area contributed by atoms with E-state index in [2.05, 4.69) is 29.4 Å². The van der Waals surface area contributed by atoms with Crippen LogP contribution in [0.5, 0.6) is 0 Å². The van der Waals surface area contributed by atoms with Gasteiger partial charge in [-0.15, -0.1) is 0 Å². The molecule has 3 aromatic rings. The average Bonchev–Trinajstić information content (AvgIpc) is 2.77. The van der Waals surface area contributed by atoms with E-state index in [-0.39, 0.29) is 5.91 Å². The highest BCUT2D eigenvalue weighted by atomic mass is 16.2. The van der Waals surface area contributed by atoms with Crippen molar-refractivity contribution >= 4 is 17.2 Å². The van der Waals surface area contributed by atoms with Crippen molar-refractivity contribution in [3.63, 3.8) is 0 Å². The number of nitrogens with zero attached hydrogens (tertiary/aromatic N) is 2. The van der Waals surface area contributed by atoms with Crippen molar-refractivity contribution in [1.29, 1.82) is 0 Å². The fraction of sp³-hybridized carbons (Fsp3) is 0.263. The van der Waals surface area contributed by atoms with Crippen molar-refractivity contribution in [3.8, 4) is 0 Å². The zero-order valence-electron chi connectivity index (χ0n) is 14.2. The molecule has 0 unspecified atom stereocenters. The summed E-state index contributed by atoms with van der Waals surface area (Å²) in [6, 6.07) is 8.11. The van der Waals surface area contributed by atoms with Crippen LogP contribution < -0.4 is 5.32 Å². The highest BCUT2D eigenvalue weighted by Gasteiger charge is 2.18. The number of hydrogen-bond acceptors (Lipinski definition) is 2. The van der Waals surface area contributed by atoms with E-state index in [1.807, 2.05) is 50.4 Å². The lowest BCUT2D eigenvalue weighted by molar-refractivity contribution is 0.102. The van der Waals surface area contributed by atoms with Crippen molar-refractivity contribution in [2.75, 3.05) is 5.32 Å². The van der Waals surface area contributed by atoms with Gasteiger partial charge in [0.1, 0.15) is 11.3 Å². The molecule has 1 amide bonds. The molecule has 0 saturated heterocycles. The normalized spacial score (nSPS) is 11.0. The molecule has 118 valence electrons. The quantitative estimate of drug-likeness (QED) is 0.774. The summed E-state index contributed by atoms with van der Waals surface area (Å²) in [6.07, 6.45) is 1.90. The van der Waals surface area contributed by atoms with Crippen LogP contribution in [-0.4, -0.2) is 15.3 Å². The summed E-state index contributed by atoms with van der Waals surface area (Å²) in [5.74, 6) is -0.131. The lowest BCUT2D eigenvalue weighted by Gasteiger charge is -2.13. The Morgan fingerprint density at radius 1 is 1.00 bits per heavy atom. The van der Waals surface area contributed by atoms with Gasteiger partial charge in [-0.25, -0.2) is 4.98 Å². The largest absolute Gasteiger partial charge is 0.320 e. The number of amides is 1. The molecule has 0 aliphatic carbocycles. The van der Waals surface area contributed by atoms with Crippen LogP contribution >= 0.6 is 0 Å². The highest BCUT2D eigenvalue weighted by molar-refractivity contribution is 6.05. The van der Waals surface area contributed by atoms with Gasteiger partial charge in [0.15, 0.2) is 0 Å². The topological polar surface area (TPSA) is 46.4 Å². The van der Waals surface area contributed by atoms with Crippen LogP contribution in [-0.2, 0) is 0 Å². The minimum atomic E-state index is -0.131. The van der Waals surface area contributed by atoms with E-state index in [0.29, 0.717) is 5.69 Å². The number of rotatable bonds is 2. The molecule has 4 nitrogen and oxygen atoms in total. The van der Waals surface area contributed by atoms with Gasteiger partial charge >= 0.3 is 0 Å². The molecule has 2 aromatic heterocycles. The Morgan fingerprint density at radius 2 is 1.65 bits per heavy atom. The second-order valence-corrected chi connectivity index (χ2v) is 6.21. The van der Waals surface area contributed by atoms with E-state index in [1.54, 1.807) is 0 Å². The number of anilines is 1. The van der Waals surface area contributed by atoms with Crippen LogP contribution in [0, 0.1) is 34.6 Å². The number of imidazole rings is 1. The second-order valence-electron chi connectivity index (χ2n) is 6.21. The zero-order chi connectivity index (χ0) is 16.7. The molecule has 0 bridgehead atoms. The molecule has 3 rings (SSSR count). The fourth-order valence-corrected chi connectivity index (χ4v) is 3.09. The third-order valence-electron chi connectivity index (χ3n) is 4.09. The Bertz CT molecular complexity index is 899. The lowest BCUT2D eigenvalue weighted by Crippen LogP contribution is -2.17. The summed E-state index contributed by atoms with van der Waals surface area (Å²) in [5.41, 5.74) is 7.44. The third-order valence-corrected chi connectivity index (χ3v) is 4.09. The van der Waals surface area contributed by atoms with E-state index < -0.39 is 0 Å². The number of aromatic nitrogens is 2. The number of hydrogen-bond donors (Lipinski definition) is 1. The monoisotopic (exact) mass is 307 g/mol. The Hall–Kier alpha value is -2.62. The predicted octanol–water partition coefficient (Wildman–Crippen LogP) is 4.13. The van der Waals surface area contributed by atoms with Crippen molar-refractivity contribution in [3.05, 3.63) is 64.1 Å². The Kier molecular flexibility index (Phi) is 3.68. The molecule has 0 saturated carbocycles. The Labute approximate surface area is 136 Å². The van der Waals surface area contributed by atoms with Crippen LogP contribution in [0.3, 0.4) is 0 Å². The summed E-state index contributed by atoms with van der Waals surface area (Å²) in [7, 11) is 0. The average molecular weight is 307 g/mol. The highest BCUT2D eigenvalue weighted by Crippen LogP contribution is 2.23. The molecular formula is C19H21N3O. The van der Waals surface area contributed by atoms with E-state index in [0.717, 1.165) is 33.7 Å². The molecule has 1 aromatic carbocycles. The van der Waals surface area contributed by atoms with Crippen molar-refractivity contribution in [2.45, 2.75) is 34.6 Å². The van der Waals surface area contributed by atoms with Crippen LogP contribution in [0.4, 0.5) is 5.69 Å². The molecule has 0 atom stereocenters. The van der Waals surface area contributed by atoms with Crippen LogP contribution in [0.1, 0.15) is 38.4 Å². The minimum Gasteiger partial charge on any atom is -0.320 e. The van der Waals surface area contributed by atoms with Crippen LogP contribution in [0.25, 0.3) is 5.65 Å². The first-order valence-corrected chi connectivity index (χ1v) is 7.71. The van der Waals surface area contributed by atoms with Crippen molar-refractivity contribution in [2.24, 2.45) is 0 Å². The summed E-state index contributed by atoms with van der Waals surface area (Å²) in [6.45, 7) is 9.97. The predicted molar refractivity (Wildman–Crippen MR) is 93.3 cm³/mol. The van der Waals surface area contributed by atoms with Gasteiger partial charge in [0, 0.05) is 11.9 Å². The summed E-state index contributed by atoms with van der Waals surface area (Å²) >= 11 is 0. The number of aryl methyl sites for hydroxylation is 5. The first-order valence-electron chi connectivity index (χ1n) is 7.71. The molecule has 0 spiro atoms. The van der Waals surface area contributed by atoms with Crippen LogP contribution in [0.15, 0.2) is 30.5 Å². The maximum absolute atomic E-state index is 12.8. The number of nitrogens with one attached hydrogen (secondary N) is 1. The number of fused-ring (bicyclic) bond motifs is 1. The smallest absolute Gasteiger partial charge is 0.274 e. The molecule has 4 heteroatoms. The van der Waals surface area contributed by atoms with Crippen LogP contribution in [0.2, 0.25) is 0 Å². The number of carbonyl (C=O) groups excluding carboxylic acids is 1. The molecule has 0 aliphatic heterocycles. The number of carbonyl (C=O) groups is 1. The SMILES string of the molecule is Cc1cc(C)c(NC(=O)c2c(C)nc3cc(C)ccn23)c(C)c1. The molecule has 0 aliphatic rings. The summed E-state index contributed by atoms with van der Waals surface area (Å²) in [4.78, 5) is 17.3. The van der Waals surface area contributed by atoms with E-state index >= 15 is 0 Å². The first kappa shape index (κ1) is 15.3. The Balaban J connectivity index is 2.04. The molecule has 23 heavy (non-hydrogen) atoms. The zero-order valence-corrected chi connectivity index (χ0v) is 14.2. The van der Waals surface area contributed by atoms with Gasteiger partial charge in [0.2, 0.25) is 0 Å². The van der Waals surface area contributed by atoms with E-state index in [4.69, 9.17) is 0 Å². The number of benzene rings is 1. The molecule has 0 radical (unpaired) electrons.